The van der Waals surface area contributed by atoms with Crippen LogP contribution in [-0.4, -0.2) is 25.8 Å². The maximum absolute atomic E-state index is 11.2. The molecule has 1 atom stereocenters. The molecule has 2 aromatic rings. The van der Waals surface area contributed by atoms with Crippen molar-refractivity contribution in [3.8, 4) is 11.4 Å². The van der Waals surface area contributed by atoms with Crippen LogP contribution in [0.1, 0.15) is 30.3 Å². The van der Waals surface area contributed by atoms with Gasteiger partial charge in [-0.3, -0.25) is 0 Å². The Morgan fingerprint density at radius 3 is 2.95 bits per heavy atom. The first-order valence-electron chi connectivity index (χ1n) is 6.41. The van der Waals surface area contributed by atoms with E-state index in [1.54, 1.807) is 4.68 Å². The number of nitrogens with zero attached hydrogens (tertiary/aromatic N) is 3. The number of aryl methyl sites for hydroxylation is 2. The number of benzene rings is 1. The van der Waals surface area contributed by atoms with Gasteiger partial charge < -0.3 is 5.11 Å². The summed E-state index contributed by atoms with van der Waals surface area (Å²) >= 11 is 0. The molecule has 0 bridgehead atoms. The molecule has 98 valence electrons. The van der Waals surface area contributed by atoms with Crippen molar-refractivity contribution in [2.45, 2.75) is 32.2 Å². The fourth-order valence-corrected chi connectivity index (χ4v) is 2.52. The van der Waals surface area contributed by atoms with Crippen LogP contribution < -0.4 is 0 Å². The molecule has 1 unspecified atom stereocenters. The molecule has 0 aliphatic carbocycles. The van der Waals surface area contributed by atoms with E-state index in [4.69, 9.17) is 0 Å². The van der Waals surface area contributed by atoms with Crippen molar-refractivity contribution in [1.29, 1.82) is 0 Å². The Morgan fingerprint density at radius 1 is 1.42 bits per heavy atom. The second-order valence-electron chi connectivity index (χ2n) is 4.86. The van der Waals surface area contributed by atoms with E-state index in [9.17, 15) is 9.90 Å². The van der Waals surface area contributed by atoms with Crippen LogP contribution in [0.15, 0.2) is 24.3 Å². The van der Waals surface area contributed by atoms with Crippen molar-refractivity contribution in [3.05, 3.63) is 35.7 Å². The Bertz CT molecular complexity index is 633. The summed E-state index contributed by atoms with van der Waals surface area (Å²) in [6.07, 6.45) is 2.27. The third-order valence-corrected chi connectivity index (χ3v) is 3.55. The van der Waals surface area contributed by atoms with E-state index in [2.05, 4.69) is 10.1 Å². The van der Waals surface area contributed by atoms with E-state index < -0.39 is 12.0 Å². The van der Waals surface area contributed by atoms with Crippen LogP contribution in [0.2, 0.25) is 0 Å². The summed E-state index contributed by atoms with van der Waals surface area (Å²) in [5.74, 6) is 0.570. The highest BCUT2D eigenvalue weighted by molar-refractivity contribution is 5.72. The number of carboxylic acid groups (broad SMARTS) is 1. The van der Waals surface area contributed by atoms with Gasteiger partial charge in [0.2, 0.25) is 0 Å². The molecule has 5 heteroatoms. The highest BCUT2D eigenvalue weighted by Gasteiger charge is 2.28. The van der Waals surface area contributed by atoms with Gasteiger partial charge in [-0.1, -0.05) is 24.3 Å². The van der Waals surface area contributed by atoms with Crippen molar-refractivity contribution >= 4 is 5.97 Å². The van der Waals surface area contributed by atoms with Crippen molar-refractivity contribution in [1.82, 2.24) is 14.8 Å². The van der Waals surface area contributed by atoms with E-state index in [0.717, 1.165) is 29.8 Å². The van der Waals surface area contributed by atoms with Crippen molar-refractivity contribution < 1.29 is 9.90 Å². The smallest absolute Gasteiger partial charge is 0.328 e. The molecule has 1 aromatic carbocycles. The Kier molecular flexibility index (Phi) is 2.81. The molecule has 1 aliphatic heterocycles. The second-order valence-corrected chi connectivity index (χ2v) is 4.86. The molecule has 0 radical (unpaired) electrons. The fraction of sp³-hybridized carbons (Fsp3) is 0.357. The number of hydrogen-bond acceptors (Lipinski definition) is 3. The maximum atomic E-state index is 11.2. The zero-order valence-corrected chi connectivity index (χ0v) is 10.7. The quantitative estimate of drug-likeness (QED) is 0.895. The first kappa shape index (κ1) is 11.9. The van der Waals surface area contributed by atoms with Crippen LogP contribution in [-0.2, 0) is 11.2 Å². The summed E-state index contributed by atoms with van der Waals surface area (Å²) < 4.78 is 1.58. The lowest BCUT2D eigenvalue weighted by molar-refractivity contribution is -0.141. The lowest BCUT2D eigenvalue weighted by atomic mass is 10.1. The van der Waals surface area contributed by atoms with Gasteiger partial charge >= 0.3 is 5.97 Å². The molecule has 0 spiro atoms. The summed E-state index contributed by atoms with van der Waals surface area (Å²) in [5, 5.41) is 13.6. The highest BCUT2D eigenvalue weighted by atomic mass is 16.4. The Balaban J connectivity index is 2.07. The van der Waals surface area contributed by atoms with Gasteiger partial charge in [0, 0.05) is 12.0 Å². The number of rotatable bonds is 2. The average Bonchev–Trinajstić information content (AvgIpc) is 2.82. The summed E-state index contributed by atoms with van der Waals surface area (Å²) in [5.41, 5.74) is 2.06. The monoisotopic (exact) mass is 257 g/mol. The summed E-state index contributed by atoms with van der Waals surface area (Å²) in [6, 6.07) is 7.30. The molecule has 1 aromatic heterocycles. The van der Waals surface area contributed by atoms with E-state index in [1.807, 2.05) is 31.2 Å². The fourth-order valence-electron chi connectivity index (χ4n) is 2.52. The Morgan fingerprint density at radius 2 is 2.21 bits per heavy atom. The number of fused-ring (bicyclic) bond motifs is 1. The molecular formula is C14H15N3O2. The third-order valence-electron chi connectivity index (χ3n) is 3.55. The Labute approximate surface area is 110 Å². The average molecular weight is 257 g/mol. The van der Waals surface area contributed by atoms with Crippen LogP contribution in [0.4, 0.5) is 0 Å². The largest absolute Gasteiger partial charge is 0.480 e. The normalized spacial score (nSPS) is 18.1. The van der Waals surface area contributed by atoms with Crippen LogP contribution in [0.3, 0.4) is 0 Å². The zero-order valence-electron chi connectivity index (χ0n) is 10.7. The first-order chi connectivity index (χ1) is 9.16. The zero-order chi connectivity index (χ0) is 13.4. The molecule has 1 N–H and O–H groups in total. The number of aliphatic carboxylic acids is 1. The van der Waals surface area contributed by atoms with Crippen LogP contribution >= 0.6 is 0 Å². The second kappa shape index (κ2) is 4.50. The molecule has 0 fully saturated rings. The summed E-state index contributed by atoms with van der Waals surface area (Å²) in [7, 11) is 0. The van der Waals surface area contributed by atoms with Gasteiger partial charge in [0.1, 0.15) is 5.82 Å². The maximum Gasteiger partial charge on any atom is 0.328 e. The van der Waals surface area contributed by atoms with Crippen molar-refractivity contribution in [2.75, 3.05) is 0 Å². The van der Waals surface area contributed by atoms with E-state index in [-0.39, 0.29) is 0 Å². The van der Waals surface area contributed by atoms with Crippen LogP contribution in [0.5, 0.6) is 0 Å². The minimum atomic E-state index is -0.831. The van der Waals surface area contributed by atoms with Crippen molar-refractivity contribution in [3.63, 3.8) is 0 Å². The predicted molar refractivity (Wildman–Crippen MR) is 69.8 cm³/mol. The number of hydrogen-bond donors (Lipinski definition) is 1. The van der Waals surface area contributed by atoms with Gasteiger partial charge in [-0.15, -0.1) is 5.10 Å². The van der Waals surface area contributed by atoms with Crippen LogP contribution in [0, 0.1) is 6.92 Å². The number of aromatic nitrogens is 3. The molecule has 2 heterocycles. The van der Waals surface area contributed by atoms with Gasteiger partial charge in [-0.25, -0.2) is 14.5 Å². The first-order valence-corrected chi connectivity index (χ1v) is 6.41. The minimum Gasteiger partial charge on any atom is -0.480 e. The SMILES string of the molecule is Cc1ccccc1-c1nc2n(n1)C(C(=O)O)CCC2. The lowest BCUT2D eigenvalue weighted by Crippen LogP contribution is -2.25. The van der Waals surface area contributed by atoms with E-state index in [0.29, 0.717) is 12.2 Å². The summed E-state index contributed by atoms with van der Waals surface area (Å²) in [4.78, 5) is 15.7. The molecule has 5 nitrogen and oxygen atoms in total. The molecule has 3 rings (SSSR count). The topological polar surface area (TPSA) is 68.0 Å². The number of carboxylic acids is 1. The van der Waals surface area contributed by atoms with E-state index in [1.165, 1.54) is 0 Å². The standard InChI is InChI=1S/C14H15N3O2/c1-9-5-2-3-6-10(9)13-15-12-8-4-7-11(14(18)19)17(12)16-13/h2-3,5-6,11H,4,7-8H2,1H3,(H,18,19). The molecule has 0 saturated heterocycles. The van der Waals surface area contributed by atoms with E-state index >= 15 is 0 Å². The van der Waals surface area contributed by atoms with Gasteiger partial charge in [-0.05, 0) is 25.3 Å². The molecule has 1 aliphatic rings. The van der Waals surface area contributed by atoms with Gasteiger partial charge in [0.05, 0.1) is 0 Å². The molecule has 0 saturated carbocycles. The van der Waals surface area contributed by atoms with Gasteiger partial charge in [-0.2, -0.15) is 0 Å². The minimum absolute atomic E-state index is 0.575. The Hall–Kier alpha value is -2.17. The van der Waals surface area contributed by atoms with Crippen molar-refractivity contribution in [2.24, 2.45) is 0 Å². The van der Waals surface area contributed by atoms with Gasteiger partial charge in [0.25, 0.3) is 0 Å². The van der Waals surface area contributed by atoms with Crippen LogP contribution in [0.25, 0.3) is 11.4 Å². The third kappa shape index (κ3) is 2.01. The predicted octanol–water partition coefficient (Wildman–Crippen LogP) is 2.22. The number of carbonyl (C=O) groups is 1. The molecule has 19 heavy (non-hydrogen) atoms. The highest BCUT2D eigenvalue weighted by Crippen LogP contribution is 2.27. The molecule has 0 amide bonds. The summed E-state index contributed by atoms with van der Waals surface area (Å²) in [6.45, 7) is 2.00. The van der Waals surface area contributed by atoms with Gasteiger partial charge in [0.15, 0.2) is 11.9 Å². The lowest BCUT2D eigenvalue weighted by Gasteiger charge is -2.19. The molecular weight excluding hydrogens is 242 g/mol.